The Morgan fingerprint density at radius 1 is 0.846 bits per heavy atom. The molecule has 0 amide bonds. The Labute approximate surface area is 170 Å². The summed E-state index contributed by atoms with van der Waals surface area (Å²) in [5.41, 5.74) is 4.71. The summed E-state index contributed by atoms with van der Waals surface area (Å²) in [6.07, 6.45) is 4.23. The lowest BCUT2D eigenvalue weighted by atomic mass is 10.0. The van der Waals surface area contributed by atoms with E-state index in [1.807, 2.05) is 30.3 Å². The molecule has 0 aliphatic carbocycles. The van der Waals surface area contributed by atoms with E-state index >= 15 is 0 Å². The third-order valence-electron chi connectivity index (χ3n) is 4.73. The topological polar surface area (TPSA) is 24.1 Å². The molecule has 0 saturated heterocycles. The van der Waals surface area contributed by atoms with E-state index in [0.717, 1.165) is 22.0 Å². The molecule has 2 nitrogen and oxygen atoms in total. The third kappa shape index (κ3) is 3.31. The van der Waals surface area contributed by atoms with Crippen molar-refractivity contribution in [3.63, 3.8) is 0 Å². The van der Waals surface area contributed by atoms with Crippen LogP contribution in [0.5, 0.6) is 5.75 Å². The molecule has 1 aromatic heterocycles. The Morgan fingerprint density at radius 2 is 1.62 bits per heavy atom. The van der Waals surface area contributed by atoms with E-state index in [1.54, 1.807) is 6.07 Å². The molecular formula is C23H20INO. The number of pyridine rings is 1. The lowest BCUT2D eigenvalue weighted by Gasteiger charge is -2.05. The maximum Gasteiger partial charge on any atom is 0.212 e. The first kappa shape index (κ1) is 18.4. The monoisotopic (exact) mass is 453 g/mol. The molecule has 3 heteroatoms. The molecule has 0 unspecified atom stereocenters. The van der Waals surface area contributed by atoms with Gasteiger partial charge in [-0.3, -0.25) is 0 Å². The molecule has 0 aliphatic rings. The number of benzene rings is 3. The van der Waals surface area contributed by atoms with Gasteiger partial charge in [0.05, 0.1) is 0 Å². The normalized spacial score (nSPS) is 11.2. The van der Waals surface area contributed by atoms with Crippen molar-refractivity contribution >= 4 is 33.8 Å². The van der Waals surface area contributed by atoms with Crippen molar-refractivity contribution in [2.45, 2.75) is 6.92 Å². The molecule has 0 radical (unpaired) electrons. The first-order chi connectivity index (χ1) is 12.1. The molecule has 1 heterocycles. The zero-order chi connectivity index (χ0) is 17.4. The lowest BCUT2D eigenvalue weighted by molar-refractivity contribution is -0.646. The summed E-state index contributed by atoms with van der Waals surface area (Å²) in [5, 5.41) is 13.2. The summed E-state index contributed by atoms with van der Waals surface area (Å²) in [6.45, 7) is 2.11. The molecule has 0 aliphatic heterocycles. The van der Waals surface area contributed by atoms with Crippen LogP contribution < -0.4 is 28.5 Å². The van der Waals surface area contributed by atoms with E-state index in [-0.39, 0.29) is 24.0 Å². The van der Waals surface area contributed by atoms with Crippen LogP contribution in [0.2, 0.25) is 0 Å². The highest BCUT2D eigenvalue weighted by molar-refractivity contribution is 5.96. The van der Waals surface area contributed by atoms with Gasteiger partial charge >= 0.3 is 0 Å². The van der Waals surface area contributed by atoms with Crippen molar-refractivity contribution < 1.29 is 33.7 Å². The SMILES string of the molecule is Cc1ccc2c(ccc(/C=C/c3ccc(O)c4ccccc34)[n+]2C)c1.[I-]. The van der Waals surface area contributed by atoms with Gasteiger partial charge in [-0.25, -0.2) is 0 Å². The summed E-state index contributed by atoms with van der Waals surface area (Å²) < 4.78 is 2.20. The number of aryl methyl sites for hydroxylation is 2. The van der Waals surface area contributed by atoms with Crippen LogP contribution in [0.15, 0.2) is 66.7 Å². The fraction of sp³-hybridized carbons (Fsp3) is 0.0870. The maximum atomic E-state index is 10.0. The highest BCUT2D eigenvalue weighted by atomic mass is 127. The molecular weight excluding hydrogens is 433 g/mol. The van der Waals surface area contributed by atoms with Crippen LogP contribution in [-0.4, -0.2) is 5.11 Å². The average Bonchev–Trinajstić information content (AvgIpc) is 2.63. The van der Waals surface area contributed by atoms with Gasteiger partial charge in [-0.15, -0.1) is 0 Å². The second-order valence-corrected chi connectivity index (χ2v) is 6.43. The van der Waals surface area contributed by atoms with Crippen molar-refractivity contribution in [1.82, 2.24) is 0 Å². The van der Waals surface area contributed by atoms with Crippen molar-refractivity contribution in [2.24, 2.45) is 7.05 Å². The van der Waals surface area contributed by atoms with Gasteiger partial charge in [0.1, 0.15) is 12.8 Å². The number of hydrogen-bond donors (Lipinski definition) is 1. The van der Waals surface area contributed by atoms with Crippen molar-refractivity contribution in [3.05, 3.63) is 83.6 Å². The van der Waals surface area contributed by atoms with Gasteiger partial charge in [-0.2, -0.15) is 4.57 Å². The van der Waals surface area contributed by atoms with Crippen LogP contribution in [0.25, 0.3) is 33.8 Å². The zero-order valence-corrected chi connectivity index (χ0v) is 16.9. The Balaban J connectivity index is 0.00000196. The predicted molar refractivity (Wildman–Crippen MR) is 104 cm³/mol. The van der Waals surface area contributed by atoms with Gasteiger partial charge < -0.3 is 29.1 Å². The lowest BCUT2D eigenvalue weighted by Crippen LogP contribution is -3.00. The third-order valence-corrected chi connectivity index (χ3v) is 4.73. The Hall–Kier alpha value is -2.40. The molecule has 1 N–H and O–H groups in total. The number of phenolic OH excluding ortho intramolecular Hbond substituents is 1. The molecule has 0 fully saturated rings. The van der Waals surface area contributed by atoms with Crippen LogP contribution in [0, 0.1) is 6.92 Å². The minimum absolute atomic E-state index is 0. The minimum Gasteiger partial charge on any atom is -1.00 e. The Morgan fingerprint density at radius 3 is 2.42 bits per heavy atom. The molecule has 0 bridgehead atoms. The van der Waals surface area contributed by atoms with Gasteiger partial charge in [0.25, 0.3) is 0 Å². The van der Waals surface area contributed by atoms with Crippen LogP contribution in [0.3, 0.4) is 0 Å². The maximum absolute atomic E-state index is 10.0. The zero-order valence-electron chi connectivity index (χ0n) is 14.8. The first-order valence-corrected chi connectivity index (χ1v) is 8.42. The van der Waals surface area contributed by atoms with Crippen molar-refractivity contribution in [3.8, 4) is 5.75 Å². The van der Waals surface area contributed by atoms with E-state index in [0.29, 0.717) is 5.75 Å². The molecule has 0 spiro atoms. The number of halogens is 1. The number of phenols is 1. The van der Waals surface area contributed by atoms with Crippen LogP contribution in [-0.2, 0) is 7.05 Å². The largest absolute Gasteiger partial charge is 1.00 e. The molecule has 4 aromatic rings. The van der Waals surface area contributed by atoms with Crippen molar-refractivity contribution in [1.29, 1.82) is 0 Å². The number of aromatic nitrogens is 1. The highest BCUT2D eigenvalue weighted by Crippen LogP contribution is 2.28. The standard InChI is InChI=1S/C23H19NO.HI/c1-16-7-13-22-18(15-16)9-12-19(24(22)2)11-8-17-10-14-23(25)21-6-4-3-5-20(17)21;/h3-15H,1-2H3;1H. The van der Waals surface area contributed by atoms with Gasteiger partial charge in [0.2, 0.25) is 11.2 Å². The molecule has 3 aromatic carbocycles. The molecule has 26 heavy (non-hydrogen) atoms. The molecule has 130 valence electrons. The minimum atomic E-state index is 0. The second-order valence-electron chi connectivity index (χ2n) is 6.43. The Bertz CT molecular complexity index is 1130. The quantitative estimate of drug-likeness (QED) is 0.365. The number of fused-ring (bicyclic) bond motifs is 2. The van der Waals surface area contributed by atoms with Crippen molar-refractivity contribution in [2.75, 3.05) is 0 Å². The van der Waals surface area contributed by atoms with Gasteiger partial charge in [0, 0.05) is 29.0 Å². The van der Waals surface area contributed by atoms with Crippen LogP contribution in [0.4, 0.5) is 0 Å². The van der Waals surface area contributed by atoms with E-state index in [2.05, 4.69) is 61.0 Å². The summed E-state index contributed by atoms with van der Waals surface area (Å²) >= 11 is 0. The fourth-order valence-electron chi connectivity index (χ4n) is 3.33. The van der Waals surface area contributed by atoms with Gasteiger partial charge in [-0.05, 0) is 42.1 Å². The molecule has 0 saturated carbocycles. The van der Waals surface area contributed by atoms with Crippen LogP contribution in [0.1, 0.15) is 16.8 Å². The fourth-order valence-corrected chi connectivity index (χ4v) is 3.33. The number of aromatic hydroxyl groups is 1. The van der Waals surface area contributed by atoms with Crippen LogP contribution >= 0.6 is 0 Å². The predicted octanol–water partition coefficient (Wildman–Crippen LogP) is 2.01. The summed E-state index contributed by atoms with van der Waals surface area (Å²) in [6, 6.07) is 22.5. The average molecular weight is 453 g/mol. The summed E-state index contributed by atoms with van der Waals surface area (Å²) in [7, 11) is 2.09. The smallest absolute Gasteiger partial charge is 0.212 e. The summed E-state index contributed by atoms with van der Waals surface area (Å²) in [4.78, 5) is 0. The van der Waals surface area contributed by atoms with E-state index in [4.69, 9.17) is 0 Å². The number of nitrogens with zero attached hydrogens (tertiary/aromatic N) is 1. The number of rotatable bonds is 2. The molecule has 0 atom stereocenters. The first-order valence-electron chi connectivity index (χ1n) is 8.42. The van der Waals surface area contributed by atoms with E-state index in [1.165, 1.54) is 16.5 Å². The highest BCUT2D eigenvalue weighted by Gasteiger charge is 2.09. The molecule has 4 rings (SSSR count). The van der Waals surface area contributed by atoms with E-state index < -0.39 is 0 Å². The summed E-state index contributed by atoms with van der Waals surface area (Å²) in [5.74, 6) is 0.319. The van der Waals surface area contributed by atoms with Gasteiger partial charge in [-0.1, -0.05) is 42.0 Å². The second kappa shape index (κ2) is 7.46. The Kier molecular flexibility index (Phi) is 5.28. The van der Waals surface area contributed by atoms with E-state index in [9.17, 15) is 5.11 Å². The van der Waals surface area contributed by atoms with Gasteiger partial charge in [0.15, 0.2) is 0 Å². The number of hydrogen-bond acceptors (Lipinski definition) is 1.